The van der Waals surface area contributed by atoms with Crippen molar-refractivity contribution >= 4 is 55.7 Å². The van der Waals surface area contributed by atoms with Gasteiger partial charge in [-0.05, 0) is 55.5 Å². The minimum Gasteiger partial charge on any atom is -0.497 e. The fourth-order valence-electron chi connectivity index (χ4n) is 3.18. The first-order valence-corrected chi connectivity index (χ1v) is 12.2. The molecule has 3 aromatic carbocycles. The number of halogens is 2. The number of nitrogens with zero attached hydrogens (tertiary/aromatic N) is 2. The highest BCUT2D eigenvalue weighted by Gasteiger charge is 2.24. The molecular weight excluding hydrogens is 501 g/mol. The van der Waals surface area contributed by atoms with Crippen LogP contribution in [0.2, 0.25) is 10.0 Å². The van der Waals surface area contributed by atoms with Crippen molar-refractivity contribution in [2.45, 2.75) is 11.8 Å². The molecule has 34 heavy (non-hydrogen) atoms. The van der Waals surface area contributed by atoms with E-state index in [1.807, 2.05) is 6.92 Å². The molecule has 0 saturated carbocycles. The van der Waals surface area contributed by atoms with Gasteiger partial charge in [-0.1, -0.05) is 40.9 Å². The molecule has 0 saturated heterocycles. The average molecular weight is 520 g/mol. The predicted octanol–water partition coefficient (Wildman–Crippen LogP) is 4.91. The number of hydrogen-bond donors (Lipinski definition) is 1. The molecule has 0 unspecified atom stereocenters. The van der Waals surface area contributed by atoms with Crippen LogP contribution in [0.3, 0.4) is 0 Å². The number of hydrogen-bond acceptors (Lipinski definition) is 6. The summed E-state index contributed by atoms with van der Waals surface area (Å²) in [7, 11) is -2.54. The first-order chi connectivity index (χ1) is 16.2. The lowest BCUT2D eigenvalue weighted by Crippen LogP contribution is -2.21. The van der Waals surface area contributed by atoms with Gasteiger partial charge >= 0.3 is 0 Å². The zero-order valence-electron chi connectivity index (χ0n) is 18.1. The van der Waals surface area contributed by atoms with Crippen LogP contribution in [0, 0.1) is 6.92 Å². The number of fused-ring (bicyclic) bond motifs is 1. The van der Waals surface area contributed by atoms with Gasteiger partial charge in [0.2, 0.25) is 5.88 Å². The van der Waals surface area contributed by atoms with Crippen LogP contribution < -0.4 is 14.8 Å². The van der Waals surface area contributed by atoms with Gasteiger partial charge in [0.1, 0.15) is 5.75 Å². The summed E-state index contributed by atoms with van der Waals surface area (Å²) in [5.74, 6) is -0.0832. The molecule has 0 aliphatic rings. The van der Waals surface area contributed by atoms with Crippen LogP contribution in [0.1, 0.15) is 5.56 Å². The Morgan fingerprint density at radius 2 is 1.79 bits per heavy atom. The van der Waals surface area contributed by atoms with Crippen LogP contribution in [-0.4, -0.2) is 37.2 Å². The maximum Gasteiger partial charge on any atom is 0.283 e. The Kier molecular flexibility index (Phi) is 6.70. The summed E-state index contributed by atoms with van der Waals surface area (Å²) >= 11 is 12.0. The van der Waals surface area contributed by atoms with Crippen LogP contribution in [0.4, 0.5) is 5.69 Å². The van der Waals surface area contributed by atoms with Gasteiger partial charge in [0.25, 0.3) is 15.9 Å². The molecule has 1 aromatic heterocycles. The number of anilines is 1. The summed E-state index contributed by atoms with van der Waals surface area (Å²) in [5.41, 5.74) is 1.56. The molecule has 0 atom stereocenters. The molecule has 0 radical (unpaired) electrons. The molecular formula is C23H19Cl2N3O5S. The summed E-state index contributed by atoms with van der Waals surface area (Å²) in [6.07, 6.45) is 0. The second-order valence-corrected chi connectivity index (χ2v) is 9.92. The van der Waals surface area contributed by atoms with E-state index in [1.165, 1.54) is 25.3 Å². The third kappa shape index (κ3) is 4.82. The third-order valence-electron chi connectivity index (χ3n) is 4.91. The number of rotatable bonds is 7. The summed E-state index contributed by atoms with van der Waals surface area (Å²) in [4.78, 5) is 12.5. The van der Waals surface area contributed by atoms with E-state index < -0.39 is 22.5 Å². The number of amides is 1. The first kappa shape index (κ1) is 23.9. The van der Waals surface area contributed by atoms with Crippen molar-refractivity contribution in [1.29, 1.82) is 0 Å². The number of aryl methyl sites for hydroxylation is 1. The lowest BCUT2D eigenvalue weighted by Gasteiger charge is -2.08. The van der Waals surface area contributed by atoms with Gasteiger partial charge in [-0.25, -0.2) is 0 Å². The van der Waals surface area contributed by atoms with Crippen molar-refractivity contribution in [2.24, 2.45) is 0 Å². The van der Waals surface area contributed by atoms with Crippen LogP contribution in [0.25, 0.3) is 10.9 Å². The van der Waals surface area contributed by atoms with Gasteiger partial charge in [-0.2, -0.15) is 8.42 Å². The fourth-order valence-corrected chi connectivity index (χ4v) is 4.92. The first-order valence-electron chi connectivity index (χ1n) is 9.96. The van der Waals surface area contributed by atoms with Gasteiger partial charge < -0.3 is 14.8 Å². The van der Waals surface area contributed by atoms with Crippen molar-refractivity contribution in [2.75, 3.05) is 19.0 Å². The quantitative estimate of drug-likeness (QED) is 0.372. The molecule has 0 fully saturated rings. The Hall–Kier alpha value is -3.27. The SMILES string of the molecule is COc1ccc2c(c1)c(OCC(=O)Nc1ccc(Cl)cc1Cl)nn2S(=O)(=O)c1ccc(C)cc1. The number of benzene rings is 3. The minimum absolute atomic E-state index is 0.0399. The highest BCUT2D eigenvalue weighted by molar-refractivity contribution is 7.90. The van der Waals surface area contributed by atoms with Gasteiger partial charge in [0.15, 0.2) is 6.61 Å². The van der Waals surface area contributed by atoms with Gasteiger partial charge in [0.05, 0.1) is 33.6 Å². The van der Waals surface area contributed by atoms with E-state index in [0.29, 0.717) is 21.8 Å². The molecule has 1 heterocycles. The largest absolute Gasteiger partial charge is 0.497 e. The Labute approximate surface area is 206 Å². The van der Waals surface area contributed by atoms with Gasteiger partial charge in [0, 0.05) is 5.02 Å². The molecule has 0 aliphatic heterocycles. The molecule has 11 heteroatoms. The maximum absolute atomic E-state index is 13.3. The standard InChI is InChI=1S/C23H19Cl2N3O5S/c1-14-3-7-17(8-4-14)34(30,31)28-21-10-6-16(32-2)12-18(21)23(27-28)33-13-22(29)26-20-9-5-15(24)11-19(20)25/h3-12H,13H2,1-2H3,(H,26,29). The van der Waals surface area contributed by atoms with E-state index >= 15 is 0 Å². The molecule has 8 nitrogen and oxygen atoms in total. The smallest absolute Gasteiger partial charge is 0.283 e. The zero-order chi connectivity index (χ0) is 24.5. The summed E-state index contributed by atoms with van der Waals surface area (Å²) in [6, 6.07) is 15.8. The Balaban J connectivity index is 1.66. The van der Waals surface area contributed by atoms with E-state index in [1.54, 1.807) is 42.5 Å². The van der Waals surface area contributed by atoms with Crippen molar-refractivity contribution in [3.8, 4) is 11.6 Å². The second kappa shape index (κ2) is 9.54. The van der Waals surface area contributed by atoms with Crippen molar-refractivity contribution < 1.29 is 22.7 Å². The van der Waals surface area contributed by atoms with Crippen LogP contribution in [-0.2, 0) is 14.8 Å². The number of methoxy groups -OCH3 is 1. The number of aromatic nitrogens is 2. The van der Waals surface area contributed by atoms with E-state index in [-0.39, 0.29) is 21.3 Å². The number of carbonyl (C=O) groups is 1. The summed E-state index contributed by atoms with van der Waals surface area (Å²) in [6.45, 7) is 1.42. The van der Waals surface area contributed by atoms with Gasteiger partial charge in [-0.3, -0.25) is 4.79 Å². The van der Waals surface area contributed by atoms with Crippen molar-refractivity contribution in [3.63, 3.8) is 0 Å². The third-order valence-corrected chi connectivity index (χ3v) is 7.06. The summed E-state index contributed by atoms with van der Waals surface area (Å²) < 4.78 is 38.3. The lowest BCUT2D eigenvalue weighted by atomic mass is 10.2. The van der Waals surface area contributed by atoms with Crippen LogP contribution in [0.15, 0.2) is 65.6 Å². The molecule has 4 rings (SSSR count). The number of ether oxygens (including phenoxy) is 2. The normalized spacial score (nSPS) is 11.4. The highest BCUT2D eigenvalue weighted by atomic mass is 35.5. The molecule has 0 aliphatic carbocycles. The minimum atomic E-state index is -4.02. The number of nitrogens with one attached hydrogen (secondary N) is 1. The molecule has 1 amide bonds. The molecule has 176 valence electrons. The van der Waals surface area contributed by atoms with Crippen LogP contribution >= 0.6 is 23.2 Å². The number of carbonyl (C=O) groups excluding carboxylic acids is 1. The zero-order valence-corrected chi connectivity index (χ0v) is 20.4. The molecule has 1 N–H and O–H groups in total. The Morgan fingerprint density at radius 1 is 1.06 bits per heavy atom. The second-order valence-electron chi connectivity index (χ2n) is 7.31. The Morgan fingerprint density at radius 3 is 2.47 bits per heavy atom. The maximum atomic E-state index is 13.3. The van der Waals surface area contributed by atoms with Crippen molar-refractivity contribution in [3.05, 3.63) is 76.3 Å². The molecule has 4 aromatic rings. The summed E-state index contributed by atoms with van der Waals surface area (Å²) in [5, 5.41) is 7.85. The van der Waals surface area contributed by atoms with E-state index in [4.69, 9.17) is 32.7 Å². The molecule has 0 bridgehead atoms. The average Bonchev–Trinajstić information content (AvgIpc) is 3.18. The van der Waals surface area contributed by atoms with E-state index in [2.05, 4.69) is 10.4 Å². The molecule has 0 spiro atoms. The highest BCUT2D eigenvalue weighted by Crippen LogP contribution is 2.31. The van der Waals surface area contributed by atoms with E-state index in [0.717, 1.165) is 9.65 Å². The van der Waals surface area contributed by atoms with Gasteiger partial charge in [-0.15, -0.1) is 9.19 Å². The monoisotopic (exact) mass is 519 g/mol. The topological polar surface area (TPSA) is 99.5 Å². The fraction of sp³-hybridized carbons (Fsp3) is 0.130. The lowest BCUT2D eigenvalue weighted by molar-refractivity contribution is -0.118. The van der Waals surface area contributed by atoms with E-state index in [9.17, 15) is 13.2 Å². The Bertz CT molecular complexity index is 1480. The predicted molar refractivity (Wildman–Crippen MR) is 131 cm³/mol. The van der Waals surface area contributed by atoms with Crippen LogP contribution in [0.5, 0.6) is 11.6 Å². The van der Waals surface area contributed by atoms with Crippen molar-refractivity contribution in [1.82, 2.24) is 9.19 Å².